The Bertz CT molecular complexity index is 360. The van der Waals surface area contributed by atoms with E-state index in [0.29, 0.717) is 0 Å². The largest absolute Gasteiger partial charge is 0.374 e. The maximum Gasteiger partial charge on any atom is 0.0423 e. The van der Waals surface area contributed by atoms with E-state index in [1.54, 1.807) is 0 Å². The molecule has 1 aromatic rings. The summed E-state index contributed by atoms with van der Waals surface area (Å²) in [7, 11) is 2.23. The molecule has 2 heteroatoms. The minimum atomic E-state index is 0.866. The van der Waals surface area contributed by atoms with Gasteiger partial charge in [0.05, 0.1) is 0 Å². The van der Waals surface area contributed by atoms with Crippen molar-refractivity contribution in [2.45, 2.75) is 33.1 Å². The van der Waals surface area contributed by atoms with Crippen molar-refractivity contribution in [3.05, 3.63) is 29.3 Å². The zero-order chi connectivity index (χ0) is 13.0. The monoisotopic (exact) mass is 246 g/mol. The van der Waals surface area contributed by atoms with E-state index in [0.717, 1.165) is 12.5 Å². The number of aryl methyl sites for hydroxylation is 2. The van der Waals surface area contributed by atoms with Gasteiger partial charge in [-0.25, -0.2) is 0 Å². The summed E-state index contributed by atoms with van der Waals surface area (Å²) in [5, 5.41) is 3.50. The van der Waals surface area contributed by atoms with E-state index < -0.39 is 0 Å². The Morgan fingerprint density at radius 1 is 1.28 bits per heavy atom. The van der Waals surface area contributed by atoms with Crippen LogP contribution in [0, 0.1) is 19.8 Å². The molecule has 1 saturated heterocycles. The van der Waals surface area contributed by atoms with E-state index in [4.69, 9.17) is 0 Å². The van der Waals surface area contributed by atoms with Crippen molar-refractivity contribution in [1.82, 2.24) is 5.32 Å². The fourth-order valence-electron chi connectivity index (χ4n) is 3.07. The fourth-order valence-corrected chi connectivity index (χ4v) is 3.07. The van der Waals surface area contributed by atoms with E-state index in [2.05, 4.69) is 49.3 Å². The zero-order valence-electron chi connectivity index (χ0n) is 12.0. The lowest BCUT2D eigenvalue weighted by molar-refractivity contribution is 0.360. The first-order valence-corrected chi connectivity index (χ1v) is 7.16. The highest BCUT2D eigenvalue weighted by atomic mass is 15.1. The Kier molecular flexibility index (Phi) is 4.65. The lowest BCUT2D eigenvalue weighted by Crippen LogP contribution is -2.32. The molecule has 18 heavy (non-hydrogen) atoms. The van der Waals surface area contributed by atoms with Crippen molar-refractivity contribution in [2.75, 3.05) is 31.6 Å². The van der Waals surface area contributed by atoms with Crippen LogP contribution in [0.1, 0.15) is 30.4 Å². The predicted octanol–water partition coefficient (Wildman–Crippen LogP) is 3.13. The van der Waals surface area contributed by atoms with Crippen LogP contribution in [0.4, 0.5) is 5.69 Å². The van der Waals surface area contributed by atoms with Gasteiger partial charge in [-0.1, -0.05) is 18.2 Å². The van der Waals surface area contributed by atoms with Crippen LogP contribution in [0.3, 0.4) is 0 Å². The summed E-state index contributed by atoms with van der Waals surface area (Å²) >= 11 is 0. The second-order valence-corrected chi connectivity index (χ2v) is 5.66. The lowest BCUT2D eigenvalue weighted by Gasteiger charge is -2.28. The lowest BCUT2D eigenvalue weighted by atomic mass is 9.96. The summed E-state index contributed by atoms with van der Waals surface area (Å²) < 4.78 is 0. The van der Waals surface area contributed by atoms with Crippen molar-refractivity contribution in [2.24, 2.45) is 5.92 Å². The van der Waals surface area contributed by atoms with Gasteiger partial charge in [0.15, 0.2) is 0 Å². The van der Waals surface area contributed by atoms with Gasteiger partial charge in [0.25, 0.3) is 0 Å². The van der Waals surface area contributed by atoms with Crippen LogP contribution in [0.5, 0.6) is 0 Å². The smallest absolute Gasteiger partial charge is 0.0423 e. The molecule has 1 unspecified atom stereocenters. The Hall–Kier alpha value is -1.02. The Balaban J connectivity index is 1.92. The van der Waals surface area contributed by atoms with Gasteiger partial charge in [-0.3, -0.25) is 0 Å². The molecule has 0 saturated carbocycles. The standard InChI is InChI=1S/C16H26N2/c1-13-6-4-7-14(2)16(13)18(3)11-9-15-8-5-10-17-12-15/h4,6-7,15,17H,5,8-12H2,1-3H3. The quantitative estimate of drug-likeness (QED) is 0.878. The van der Waals surface area contributed by atoms with E-state index in [9.17, 15) is 0 Å². The number of hydrogen-bond acceptors (Lipinski definition) is 2. The molecule has 1 aliphatic rings. The van der Waals surface area contributed by atoms with Gasteiger partial charge in [-0.2, -0.15) is 0 Å². The summed E-state index contributed by atoms with van der Waals surface area (Å²) in [5.74, 6) is 0.866. The summed E-state index contributed by atoms with van der Waals surface area (Å²) in [4.78, 5) is 2.43. The van der Waals surface area contributed by atoms with Gasteiger partial charge in [-0.15, -0.1) is 0 Å². The van der Waals surface area contributed by atoms with Crippen LogP contribution >= 0.6 is 0 Å². The minimum Gasteiger partial charge on any atom is -0.374 e. The molecule has 0 aliphatic carbocycles. The number of hydrogen-bond donors (Lipinski definition) is 1. The SMILES string of the molecule is Cc1cccc(C)c1N(C)CCC1CCCNC1. The molecule has 0 amide bonds. The van der Waals surface area contributed by atoms with Crippen molar-refractivity contribution in [1.29, 1.82) is 0 Å². The summed E-state index contributed by atoms with van der Waals surface area (Å²) in [6.45, 7) is 8.00. The first-order chi connectivity index (χ1) is 8.68. The molecule has 1 atom stereocenters. The molecule has 0 radical (unpaired) electrons. The molecule has 1 N–H and O–H groups in total. The third-order valence-electron chi connectivity index (χ3n) is 4.09. The fraction of sp³-hybridized carbons (Fsp3) is 0.625. The van der Waals surface area contributed by atoms with Crippen LogP contribution < -0.4 is 10.2 Å². The first kappa shape index (κ1) is 13.4. The number of anilines is 1. The normalized spacial score (nSPS) is 19.8. The molecule has 0 spiro atoms. The molecule has 1 aromatic carbocycles. The summed E-state index contributed by atoms with van der Waals surface area (Å²) in [6.07, 6.45) is 4.04. The molecule has 0 aromatic heterocycles. The van der Waals surface area contributed by atoms with Crippen LogP contribution in [0.2, 0.25) is 0 Å². The van der Waals surface area contributed by atoms with E-state index in [1.807, 2.05) is 0 Å². The molecule has 0 bridgehead atoms. The zero-order valence-corrected chi connectivity index (χ0v) is 12.0. The maximum atomic E-state index is 3.50. The van der Waals surface area contributed by atoms with Gasteiger partial charge < -0.3 is 10.2 Å². The van der Waals surface area contributed by atoms with Crippen molar-refractivity contribution >= 4 is 5.69 Å². The number of benzene rings is 1. The highest BCUT2D eigenvalue weighted by molar-refractivity contribution is 5.58. The van der Waals surface area contributed by atoms with Crippen molar-refractivity contribution in [3.8, 4) is 0 Å². The van der Waals surface area contributed by atoms with E-state index in [1.165, 1.54) is 49.2 Å². The number of nitrogens with zero attached hydrogens (tertiary/aromatic N) is 1. The molecular weight excluding hydrogens is 220 g/mol. The predicted molar refractivity (Wildman–Crippen MR) is 79.4 cm³/mol. The Morgan fingerprint density at radius 2 is 2.00 bits per heavy atom. The average Bonchev–Trinajstić information content (AvgIpc) is 2.37. The molecular formula is C16H26N2. The van der Waals surface area contributed by atoms with Crippen LogP contribution in [0.15, 0.2) is 18.2 Å². The molecule has 2 nitrogen and oxygen atoms in total. The second-order valence-electron chi connectivity index (χ2n) is 5.66. The van der Waals surface area contributed by atoms with Crippen LogP contribution in [-0.2, 0) is 0 Å². The van der Waals surface area contributed by atoms with Gasteiger partial charge >= 0.3 is 0 Å². The third-order valence-corrected chi connectivity index (χ3v) is 4.09. The topological polar surface area (TPSA) is 15.3 Å². The number of nitrogens with one attached hydrogen (secondary N) is 1. The Morgan fingerprint density at radius 3 is 2.61 bits per heavy atom. The molecule has 1 aliphatic heterocycles. The van der Waals surface area contributed by atoms with Gasteiger partial charge in [0.2, 0.25) is 0 Å². The molecule has 1 fully saturated rings. The van der Waals surface area contributed by atoms with Crippen molar-refractivity contribution < 1.29 is 0 Å². The summed E-state index contributed by atoms with van der Waals surface area (Å²) in [5.41, 5.74) is 4.19. The summed E-state index contributed by atoms with van der Waals surface area (Å²) in [6, 6.07) is 6.56. The van der Waals surface area contributed by atoms with Crippen LogP contribution in [0.25, 0.3) is 0 Å². The maximum absolute atomic E-state index is 3.50. The van der Waals surface area contributed by atoms with Gasteiger partial charge in [0.1, 0.15) is 0 Å². The van der Waals surface area contributed by atoms with Gasteiger partial charge in [-0.05, 0) is 63.2 Å². The van der Waals surface area contributed by atoms with Gasteiger partial charge in [0, 0.05) is 19.3 Å². The third kappa shape index (κ3) is 3.26. The highest BCUT2D eigenvalue weighted by Crippen LogP contribution is 2.24. The van der Waals surface area contributed by atoms with E-state index in [-0.39, 0.29) is 0 Å². The van der Waals surface area contributed by atoms with Crippen LogP contribution in [-0.4, -0.2) is 26.7 Å². The molecule has 2 rings (SSSR count). The molecule has 1 heterocycles. The number of rotatable bonds is 4. The second kappa shape index (κ2) is 6.24. The van der Waals surface area contributed by atoms with Crippen molar-refractivity contribution in [3.63, 3.8) is 0 Å². The Labute approximate surface area is 111 Å². The van der Waals surface area contributed by atoms with E-state index >= 15 is 0 Å². The number of piperidine rings is 1. The minimum absolute atomic E-state index is 0.866. The average molecular weight is 246 g/mol. The first-order valence-electron chi connectivity index (χ1n) is 7.16. The molecule has 100 valence electrons. The number of para-hydroxylation sites is 1. The highest BCUT2D eigenvalue weighted by Gasteiger charge is 2.14.